The van der Waals surface area contributed by atoms with Crippen molar-refractivity contribution in [3.8, 4) is 5.75 Å². The molecule has 154 valence electrons. The molecular weight excluding hydrogens is 376 g/mol. The van der Waals surface area contributed by atoms with E-state index in [0.29, 0.717) is 36.4 Å². The summed E-state index contributed by atoms with van der Waals surface area (Å²) in [6, 6.07) is 5.16. The number of methoxy groups -OCH3 is 1. The van der Waals surface area contributed by atoms with Gasteiger partial charge in [0.25, 0.3) is 5.91 Å². The first-order valence-electron chi connectivity index (χ1n) is 10.5. The average molecular weight is 407 g/mol. The van der Waals surface area contributed by atoms with Crippen LogP contribution in [0.1, 0.15) is 61.7 Å². The topological polar surface area (TPSA) is 66.9 Å². The van der Waals surface area contributed by atoms with Crippen LogP contribution >= 0.6 is 0 Å². The average Bonchev–Trinajstić information content (AvgIpc) is 3.28. The molecule has 1 aliphatic carbocycles. The van der Waals surface area contributed by atoms with Gasteiger partial charge in [0.15, 0.2) is 0 Å². The second-order valence-electron chi connectivity index (χ2n) is 8.23. The zero-order chi connectivity index (χ0) is 19.7. The number of rotatable bonds is 4. The Morgan fingerprint density at radius 3 is 2.46 bits per heavy atom. The van der Waals surface area contributed by atoms with Crippen molar-refractivity contribution in [2.24, 2.45) is 5.92 Å². The van der Waals surface area contributed by atoms with Crippen molar-refractivity contribution in [1.29, 1.82) is 0 Å². The van der Waals surface area contributed by atoms with Crippen molar-refractivity contribution in [1.82, 2.24) is 9.21 Å². The van der Waals surface area contributed by atoms with Gasteiger partial charge >= 0.3 is 0 Å². The minimum Gasteiger partial charge on any atom is -0.495 e. The molecule has 0 radical (unpaired) electrons. The summed E-state index contributed by atoms with van der Waals surface area (Å²) in [7, 11) is -2.18. The van der Waals surface area contributed by atoms with E-state index < -0.39 is 10.0 Å². The molecule has 3 aliphatic rings. The minimum absolute atomic E-state index is 0.0443. The Kier molecular flexibility index (Phi) is 5.65. The van der Waals surface area contributed by atoms with Crippen LogP contribution in [0.25, 0.3) is 0 Å². The number of fused-ring (bicyclic) bond motifs is 1. The Balaban J connectivity index is 1.65. The third-order valence-electron chi connectivity index (χ3n) is 6.60. The normalized spacial score (nSPS) is 26.1. The molecule has 28 heavy (non-hydrogen) atoms. The van der Waals surface area contributed by atoms with Crippen LogP contribution in [0.3, 0.4) is 0 Å². The largest absolute Gasteiger partial charge is 0.495 e. The monoisotopic (exact) mass is 406 g/mol. The van der Waals surface area contributed by atoms with Gasteiger partial charge in [-0.1, -0.05) is 12.8 Å². The fourth-order valence-corrected chi connectivity index (χ4v) is 6.82. The molecule has 2 saturated heterocycles. The van der Waals surface area contributed by atoms with Gasteiger partial charge in [-0.2, -0.15) is 4.31 Å². The number of amides is 1. The summed E-state index contributed by atoms with van der Waals surface area (Å²) in [5, 5.41) is 0. The van der Waals surface area contributed by atoms with Crippen LogP contribution in [-0.2, 0) is 10.0 Å². The molecule has 2 aliphatic heterocycles. The molecular formula is C21H30N2O4S. The second kappa shape index (κ2) is 8.03. The van der Waals surface area contributed by atoms with Crippen molar-refractivity contribution < 1.29 is 17.9 Å². The molecule has 2 atom stereocenters. The predicted molar refractivity (Wildman–Crippen MR) is 107 cm³/mol. The Morgan fingerprint density at radius 2 is 1.71 bits per heavy atom. The first-order valence-corrected chi connectivity index (χ1v) is 12.0. The molecule has 1 amide bonds. The van der Waals surface area contributed by atoms with Crippen LogP contribution in [0, 0.1) is 5.92 Å². The summed E-state index contributed by atoms with van der Waals surface area (Å²) in [4.78, 5) is 15.4. The number of likely N-dealkylation sites (tertiary alicyclic amines) is 1. The maximum Gasteiger partial charge on any atom is 0.254 e. The van der Waals surface area contributed by atoms with Crippen molar-refractivity contribution in [3.63, 3.8) is 0 Å². The molecule has 2 heterocycles. The smallest absolute Gasteiger partial charge is 0.254 e. The minimum atomic E-state index is -3.65. The summed E-state index contributed by atoms with van der Waals surface area (Å²) < 4.78 is 33.1. The van der Waals surface area contributed by atoms with E-state index in [4.69, 9.17) is 4.74 Å². The number of ether oxygens (including phenoxy) is 1. The van der Waals surface area contributed by atoms with E-state index in [1.54, 1.807) is 12.1 Å². The quantitative estimate of drug-likeness (QED) is 0.770. The second-order valence-corrected chi connectivity index (χ2v) is 10.1. The molecule has 3 fully saturated rings. The van der Waals surface area contributed by atoms with Crippen molar-refractivity contribution >= 4 is 15.9 Å². The zero-order valence-corrected chi connectivity index (χ0v) is 17.4. The first-order chi connectivity index (χ1) is 13.5. The van der Waals surface area contributed by atoms with Gasteiger partial charge in [0.05, 0.1) is 7.11 Å². The Morgan fingerprint density at radius 1 is 1.00 bits per heavy atom. The lowest BCUT2D eigenvalue weighted by molar-refractivity contribution is 0.0390. The van der Waals surface area contributed by atoms with E-state index in [0.717, 1.165) is 32.2 Å². The molecule has 0 bridgehead atoms. The van der Waals surface area contributed by atoms with E-state index in [-0.39, 0.29) is 10.8 Å². The summed E-state index contributed by atoms with van der Waals surface area (Å²) in [5.41, 5.74) is 0.449. The van der Waals surface area contributed by atoms with Gasteiger partial charge in [0.1, 0.15) is 10.6 Å². The van der Waals surface area contributed by atoms with E-state index in [1.165, 1.54) is 43.2 Å². The lowest BCUT2D eigenvalue weighted by atomic mass is 9.78. The van der Waals surface area contributed by atoms with Crippen molar-refractivity contribution in [2.45, 2.75) is 62.3 Å². The number of piperidine rings is 1. The number of carbonyl (C=O) groups excluding carboxylic acids is 1. The molecule has 0 spiro atoms. The van der Waals surface area contributed by atoms with Gasteiger partial charge in [-0.05, 0) is 62.6 Å². The number of sulfonamides is 1. The summed E-state index contributed by atoms with van der Waals surface area (Å²) in [6.07, 6.45) is 8.66. The van der Waals surface area contributed by atoms with Crippen LogP contribution < -0.4 is 4.74 Å². The zero-order valence-electron chi connectivity index (χ0n) is 16.6. The molecule has 0 unspecified atom stereocenters. The van der Waals surface area contributed by atoms with Gasteiger partial charge in [0.2, 0.25) is 10.0 Å². The highest BCUT2D eigenvalue weighted by Gasteiger charge is 2.37. The van der Waals surface area contributed by atoms with Crippen molar-refractivity contribution in [3.05, 3.63) is 23.8 Å². The summed E-state index contributed by atoms with van der Waals surface area (Å²) >= 11 is 0. The van der Waals surface area contributed by atoms with Gasteiger partial charge in [-0.25, -0.2) is 8.42 Å². The van der Waals surface area contributed by atoms with Crippen LogP contribution in [0.15, 0.2) is 23.1 Å². The lowest BCUT2D eigenvalue weighted by Crippen LogP contribution is -2.49. The third-order valence-corrected chi connectivity index (χ3v) is 8.52. The number of hydrogen-bond donors (Lipinski definition) is 0. The highest BCUT2D eigenvalue weighted by molar-refractivity contribution is 7.89. The molecule has 1 saturated carbocycles. The standard InChI is InChI=1S/C21H30N2O4S/c1-27-19-11-10-17(15-20(19)28(25,26)22-12-4-5-13-22)21(24)23-14-6-8-16-7-2-3-9-18(16)23/h10-11,15-16,18H,2-9,12-14H2,1H3/t16-,18+/m1/s1. The highest BCUT2D eigenvalue weighted by Crippen LogP contribution is 2.37. The van der Waals surface area contributed by atoms with E-state index >= 15 is 0 Å². The van der Waals surface area contributed by atoms with Crippen LogP contribution in [-0.4, -0.2) is 56.3 Å². The number of hydrogen-bond acceptors (Lipinski definition) is 4. The predicted octanol–water partition coefficient (Wildman–Crippen LogP) is 3.27. The van der Waals surface area contributed by atoms with E-state index in [1.807, 2.05) is 4.90 Å². The number of carbonyl (C=O) groups is 1. The maximum atomic E-state index is 13.3. The van der Waals surface area contributed by atoms with Crippen LogP contribution in [0.2, 0.25) is 0 Å². The molecule has 1 aromatic carbocycles. The molecule has 7 heteroatoms. The Hall–Kier alpha value is -1.60. The number of nitrogens with zero attached hydrogens (tertiary/aromatic N) is 2. The fourth-order valence-electron chi connectivity index (χ4n) is 5.12. The summed E-state index contributed by atoms with van der Waals surface area (Å²) in [6.45, 7) is 1.82. The molecule has 0 N–H and O–H groups in total. The Bertz CT molecular complexity index is 831. The molecule has 0 aromatic heterocycles. The van der Waals surface area contributed by atoms with Gasteiger partial charge < -0.3 is 9.64 Å². The van der Waals surface area contributed by atoms with Crippen molar-refractivity contribution in [2.75, 3.05) is 26.7 Å². The van der Waals surface area contributed by atoms with E-state index in [2.05, 4.69) is 0 Å². The van der Waals surface area contributed by atoms with Gasteiger partial charge in [-0.15, -0.1) is 0 Å². The SMILES string of the molecule is COc1ccc(C(=O)N2CCC[C@H]3CCCC[C@@H]32)cc1S(=O)(=O)N1CCCC1. The fraction of sp³-hybridized carbons (Fsp3) is 0.667. The first kappa shape index (κ1) is 19.7. The van der Waals surface area contributed by atoms with Gasteiger partial charge in [-0.3, -0.25) is 4.79 Å². The van der Waals surface area contributed by atoms with Gasteiger partial charge in [0, 0.05) is 31.2 Å². The highest BCUT2D eigenvalue weighted by atomic mass is 32.2. The molecule has 1 aromatic rings. The third kappa shape index (κ3) is 3.54. The molecule has 4 rings (SSSR count). The van der Waals surface area contributed by atoms with Crippen LogP contribution in [0.5, 0.6) is 5.75 Å². The maximum absolute atomic E-state index is 13.3. The lowest BCUT2D eigenvalue weighted by Gasteiger charge is -2.44. The van der Waals surface area contributed by atoms with E-state index in [9.17, 15) is 13.2 Å². The van der Waals surface area contributed by atoms with Crippen LogP contribution in [0.4, 0.5) is 0 Å². The Labute approximate surface area is 167 Å². The summed E-state index contributed by atoms with van der Waals surface area (Å²) in [5.74, 6) is 0.854. The molecule has 6 nitrogen and oxygen atoms in total. The number of benzene rings is 1.